The Morgan fingerprint density at radius 3 is 1.51 bits per heavy atom. The number of esters is 1. The van der Waals surface area contributed by atoms with Crippen LogP contribution in [-0.2, 0) is 4.79 Å². The molecule has 0 unspecified atom stereocenters. The van der Waals surface area contributed by atoms with Gasteiger partial charge in [-0.1, -0.05) is 133 Å². The highest BCUT2D eigenvalue weighted by molar-refractivity contribution is 8.82. The van der Waals surface area contributed by atoms with E-state index in [1.165, 1.54) is 71.9 Å². The molecule has 2 nitrogen and oxygen atoms in total. The molecule has 1 heterocycles. The topological polar surface area (TPSA) is 26.3 Å². The predicted octanol–water partition coefficient (Wildman–Crippen LogP) is 10.7. The summed E-state index contributed by atoms with van der Waals surface area (Å²) in [6.45, 7) is 3.98. The number of benzene rings is 4. The van der Waals surface area contributed by atoms with Crippen molar-refractivity contribution < 1.29 is 9.53 Å². The minimum atomic E-state index is -1.71. The summed E-state index contributed by atoms with van der Waals surface area (Å²) in [5.74, 6) is 0.482. The van der Waals surface area contributed by atoms with Crippen molar-refractivity contribution in [1.29, 1.82) is 0 Å². The molecule has 0 saturated carbocycles. The van der Waals surface area contributed by atoms with Crippen LogP contribution in [-0.4, -0.2) is 12.1 Å². The molecule has 45 heavy (non-hydrogen) atoms. The van der Waals surface area contributed by atoms with Gasteiger partial charge in [0.05, 0.1) is 6.16 Å². The first-order valence-electron chi connectivity index (χ1n) is 16.3. The fraction of sp³-hybridized carbons (Fsp3) is 0.275. The van der Waals surface area contributed by atoms with Crippen LogP contribution in [0.4, 0.5) is 0 Å². The van der Waals surface area contributed by atoms with E-state index in [9.17, 15) is 4.79 Å². The number of allylic oxidation sites excluding steroid dienone is 1. The van der Waals surface area contributed by atoms with Gasteiger partial charge in [0.1, 0.15) is 28.9 Å². The van der Waals surface area contributed by atoms with Crippen LogP contribution < -0.4 is 20.7 Å². The van der Waals surface area contributed by atoms with Crippen LogP contribution in [0.1, 0.15) is 69.8 Å². The van der Waals surface area contributed by atoms with Crippen molar-refractivity contribution in [2.24, 2.45) is 0 Å². The number of ether oxygens (including phenoxy) is 1. The molecule has 232 valence electrons. The first kappa shape index (κ1) is 33.3. The molecule has 4 aromatic carbocycles. The molecule has 5 rings (SSSR count). The van der Waals surface area contributed by atoms with Gasteiger partial charge in [0.15, 0.2) is 0 Å². The van der Waals surface area contributed by atoms with E-state index in [1.54, 1.807) is 21.6 Å². The fourth-order valence-electron chi connectivity index (χ4n) is 6.03. The van der Waals surface area contributed by atoms with Crippen LogP contribution in [0, 0.1) is 0 Å². The molecule has 0 bridgehead atoms. The minimum Gasteiger partial charge on any atom is -0.427 e. The first-order chi connectivity index (χ1) is 22.1. The molecule has 4 aromatic rings. The van der Waals surface area contributed by atoms with Crippen molar-refractivity contribution >= 4 is 55.6 Å². The van der Waals surface area contributed by atoms with Gasteiger partial charge in [0.2, 0.25) is 0 Å². The van der Waals surface area contributed by atoms with Crippen LogP contribution in [0.5, 0.6) is 5.75 Å². The van der Waals surface area contributed by atoms with Gasteiger partial charge in [-0.3, -0.25) is 4.79 Å². The Hall–Kier alpha value is -3.04. The van der Waals surface area contributed by atoms with Crippen molar-refractivity contribution in [3.8, 4) is 5.75 Å². The molecule has 1 aliphatic heterocycles. The molecular weight excluding hydrogens is 608 g/mol. The zero-order valence-electron chi connectivity index (χ0n) is 26.1. The summed E-state index contributed by atoms with van der Waals surface area (Å²) in [4.78, 5) is 14.6. The van der Waals surface area contributed by atoms with Gasteiger partial charge < -0.3 is 4.74 Å². The van der Waals surface area contributed by atoms with Crippen molar-refractivity contribution in [2.75, 3.05) is 6.16 Å². The standard InChI is InChI=1S/C40H44O2PS2/c1-33-32-39(45-44-33)34-27-29-35(30-28-34)42-40(41)26-18-7-5-3-2-4-6-8-19-31-43(36-20-12-9-13-21-36,37-22-14-10-15-23-37)38-24-16-11-17-25-38/h9-17,20-25,27-30,32H,1-8,18-19,26,31H2/q+1. The monoisotopic (exact) mass is 651 g/mol. The molecule has 0 atom stereocenters. The summed E-state index contributed by atoms with van der Waals surface area (Å²) in [7, 11) is 1.68. The van der Waals surface area contributed by atoms with Crippen LogP contribution >= 0.6 is 28.9 Å². The van der Waals surface area contributed by atoms with E-state index in [0.29, 0.717) is 12.2 Å². The minimum absolute atomic E-state index is 0.137. The Labute approximate surface area is 278 Å². The lowest BCUT2D eigenvalue weighted by molar-refractivity contribution is -0.134. The average Bonchev–Trinajstić information content (AvgIpc) is 3.53. The molecule has 0 N–H and O–H groups in total. The second-order valence-electron chi connectivity index (χ2n) is 11.6. The maximum Gasteiger partial charge on any atom is 0.311 e. The summed E-state index contributed by atoms with van der Waals surface area (Å²) in [5.41, 5.74) is 1.13. The summed E-state index contributed by atoms with van der Waals surface area (Å²) >= 11 is 0. The number of carbonyl (C=O) groups excluding carboxylic acids is 1. The van der Waals surface area contributed by atoms with Crippen molar-refractivity contribution in [2.45, 2.75) is 64.2 Å². The quantitative estimate of drug-likeness (QED) is 0.0373. The number of rotatable bonds is 17. The number of hydrogen-bond acceptors (Lipinski definition) is 4. The Bertz CT molecular complexity index is 1420. The molecule has 0 fully saturated rings. The normalized spacial score (nSPS) is 13.1. The molecule has 5 heteroatoms. The van der Waals surface area contributed by atoms with Gasteiger partial charge >= 0.3 is 5.97 Å². The summed E-state index contributed by atoms with van der Waals surface area (Å²) in [6, 6.07) is 41.4. The van der Waals surface area contributed by atoms with Crippen LogP contribution in [0.2, 0.25) is 0 Å². The average molecular weight is 652 g/mol. The Kier molecular flexibility index (Phi) is 13.0. The third-order valence-electron chi connectivity index (χ3n) is 8.37. The van der Waals surface area contributed by atoms with Gasteiger partial charge in [-0.2, -0.15) is 0 Å². The van der Waals surface area contributed by atoms with E-state index in [1.807, 2.05) is 24.3 Å². The van der Waals surface area contributed by atoms with Crippen molar-refractivity contribution in [3.63, 3.8) is 0 Å². The zero-order chi connectivity index (χ0) is 31.2. The van der Waals surface area contributed by atoms with Gasteiger partial charge in [-0.25, -0.2) is 0 Å². The molecule has 0 aliphatic carbocycles. The molecular formula is C40H44O2PS2+. The molecule has 0 aromatic heterocycles. The Balaban J connectivity index is 0.992. The zero-order valence-corrected chi connectivity index (χ0v) is 28.6. The molecule has 0 saturated heterocycles. The Morgan fingerprint density at radius 2 is 1.04 bits per heavy atom. The second-order valence-corrected chi connectivity index (χ2v) is 17.5. The number of hydrogen-bond donors (Lipinski definition) is 0. The molecule has 0 amide bonds. The second kappa shape index (κ2) is 17.6. The fourth-order valence-corrected chi connectivity index (χ4v) is 12.5. The summed E-state index contributed by atoms with van der Waals surface area (Å²) in [5, 5.41) is 4.44. The molecule has 0 radical (unpaired) electrons. The highest BCUT2D eigenvalue weighted by Gasteiger charge is 2.44. The predicted molar refractivity (Wildman–Crippen MR) is 201 cm³/mol. The van der Waals surface area contributed by atoms with Crippen LogP contribution in [0.15, 0.2) is 133 Å². The van der Waals surface area contributed by atoms with Gasteiger partial charge in [-0.15, -0.1) is 0 Å². The lowest BCUT2D eigenvalue weighted by Gasteiger charge is -2.27. The molecule has 0 spiro atoms. The van der Waals surface area contributed by atoms with E-state index in [2.05, 4.69) is 104 Å². The summed E-state index contributed by atoms with van der Waals surface area (Å²) < 4.78 is 5.56. The Morgan fingerprint density at radius 1 is 0.578 bits per heavy atom. The van der Waals surface area contributed by atoms with E-state index < -0.39 is 7.26 Å². The van der Waals surface area contributed by atoms with E-state index >= 15 is 0 Å². The SMILES string of the molecule is C=C1C=C(c2ccc(OC(=O)CCCCCCCCCCC[P+](c3ccccc3)(c3ccccc3)c3ccccc3)cc2)SS1. The van der Waals surface area contributed by atoms with E-state index in [-0.39, 0.29) is 5.97 Å². The maximum absolute atomic E-state index is 12.3. The van der Waals surface area contributed by atoms with E-state index in [4.69, 9.17) is 4.74 Å². The van der Waals surface area contributed by atoms with Crippen LogP contribution in [0.3, 0.4) is 0 Å². The molecule has 1 aliphatic rings. The van der Waals surface area contributed by atoms with Crippen LogP contribution in [0.25, 0.3) is 4.91 Å². The van der Waals surface area contributed by atoms with Gasteiger partial charge in [0.25, 0.3) is 0 Å². The number of carbonyl (C=O) groups is 1. The lowest BCUT2D eigenvalue weighted by Crippen LogP contribution is -2.33. The van der Waals surface area contributed by atoms with E-state index in [0.717, 1.165) is 23.3 Å². The largest absolute Gasteiger partial charge is 0.427 e. The highest BCUT2D eigenvalue weighted by Crippen LogP contribution is 2.56. The maximum atomic E-state index is 12.3. The summed E-state index contributed by atoms with van der Waals surface area (Å²) in [6.07, 6.45) is 14.5. The van der Waals surface area contributed by atoms with Gasteiger partial charge in [0, 0.05) is 16.2 Å². The van der Waals surface area contributed by atoms with Crippen molar-refractivity contribution in [1.82, 2.24) is 0 Å². The van der Waals surface area contributed by atoms with Gasteiger partial charge in [-0.05, 0) is 79.4 Å². The lowest BCUT2D eigenvalue weighted by atomic mass is 10.1. The smallest absolute Gasteiger partial charge is 0.311 e. The third kappa shape index (κ3) is 9.49. The third-order valence-corrected chi connectivity index (χ3v) is 15.3. The first-order valence-corrected chi connectivity index (χ1v) is 20.4. The highest BCUT2D eigenvalue weighted by atomic mass is 33.1. The number of unbranched alkanes of at least 4 members (excludes halogenated alkanes) is 8. The van der Waals surface area contributed by atoms with Crippen molar-refractivity contribution in [3.05, 3.63) is 138 Å².